The summed E-state index contributed by atoms with van der Waals surface area (Å²) in [6.45, 7) is 2.11. The highest BCUT2D eigenvalue weighted by Crippen LogP contribution is 2.57. The molecule has 1 saturated carbocycles. The number of amides is 1. The Hall–Kier alpha value is -3.31. The molecule has 1 aliphatic rings. The van der Waals surface area contributed by atoms with Gasteiger partial charge in [0, 0.05) is 31.8 Å². The van der Waals surface area contributed by atoms with Gasteiger partial charge in [0.05, 0.1) is 23.5 Å². The maximum Gasteiger partial charge on any atom is 0.257 e. The Labute approximate surface area is 229 Å². The normalized spacial score (nSPS) is 13.7. The number of nitriles is 1. The molecule has 37 heavy (non-hydrogen) atoms. The number of carbonyl (C=O) groups excluding carboxylic acids is 1. The fourth-order valence-corrected chi connectivity index (χ4v) is 5.81. The summed E-state index contributed by atoms with van der Waals surface area (Å²) in [6, 6.07) is 20.4. The van der Waals surface area contributed by atoms with E-state index in [1.54, 1.807) is 48.2 Å². The molecule has 0 bridgehead atoms. The molecular formula is C28H22Cl2N4O2S. The zero-order chi connectivity index (χ0) is 26.0. The van der Waals surface area contributed by atoms with E-state index in [4.69, 9.17) is 33.0 Å². The molecule has 0 spiro atoms. The van der Waals surface area contributed by atoms with Crippen molar-refractivity contribution in [3.05, 3.63) is 93.2 Å². The Morgan fingerprint density at radius 2 is 1.78 bits per heavy atom. The van der Waals surface area contributed by atoms with E-state index in [9.17, 15) is 4.79 Å². The van der Waals surface area contributed by atoms with Crippen LogP contribution in [0.25, 0.3) is 11.5 Å². The average Bonchev–Trinajstić information content (AvgIpc) is 3.51. The van der Waals surface area contributed by atoms with Crippen molar-refractivity contribution in [1.29, 1.82) is 5.26 Å². The second kappa shape index (κ2) is 10.6. The molecule has 0 saturated heterocycles. The van der Waals surface area contributed by atoms with Crippen molar-refractivity contribution in [3.8, 4) is 17.5 Å². The molecule has 1 aliphatic carbocycles. The first kappa shape index (κ1) is 25.3. The van der Waals surface area contributed by atoms with Gasteiger partial charge in [-0.25, -0.2) is 0 Å². The van der Waals surface area contributed by atoms with E-state index >= 15 is 0 Å². The number of carbonyl (C=O) groups is 1. The number of aromatic nitrogens is 2. The molecule has 4 aromatic rings. The molecule has 1 N–H and O–H groups in total. The lowest BCUT2D eigenvalue weighted by Crippen LogP contribution is -2.16. The number of hydrogen-bond acceptors (Lipinski definition) is 6. The second-order valence-corrected chi connectivity index (χ2v) is 11.0. The highest BCUT2D eigenvalue weighted by atomic mass is 35.5. The van der Waals surface area contributed by atoms with Crippen LogP contribution in [-0.4, -0.2) is 21.8 Å². The van der Waals surface area contributed by atoms with E-state index < -0.39 is 5.41 Å². The molecule has 1 amide bonds. The summed E-state index contributed by atoms with van der Waals surface area (Å²) < 4.78 is 5.52. The highest BCUT2D eigenvalue weighted by Gasteiger charge is 2.52. The van der Waals surface area contributed by atoms with Crippen molar-refractivity contribution in [2.45, 2.75) is 36.5 Å². The zero-order valence-corrected chi connectivity index (χ0v) is 22.3. The largest absolute Gasteiger partial charge is 0.334 e. The number of nitrogens with zero attached hydrogens (tertiary/aromatic N) is 3. The van der Waals surface area contributed by atoms with Crippen LogP contribution in [0.3, 0.4) is 0 Å². The van der Waals surface area contributed by atoms with E-state index in [2.05, 4.69) is 28.5 Å². The molecule has 1 fully saturated rings. The second-order valence-electron chi connectivity index (χ2n) is 8.81. The van der Waals surface area contributed by atoms with Gasteiger partial charge in [0.25, 0.3) is 5.89 Å². The molecule has 186 valence electrons. The van der Waals surface area contributed by atoms with Crippen molar-refractivity contribution in [3.63, 3.8) is 0 Å². The van der Waals surface area contributed by atoms with Crippen LogP contribution < -0.4 is 5.32 Å². The van der Waals surface area contributed by atoms with E-state index in [1.165, 1.54) is 4.90 Å². The van der Waals surface area contributed by atoms with Crippen LogP contribution in [0.1, 0.15) is 42.3 Å². The minimum Gasteiger partial charge on any atom is -0.334 e. The number of rotatable bonds is 8. The molecular weight excluding hydrogens is 527 g/mol. The van der Waals surface area contributed by atoms with Crippen molar-refractivity contribution < 1.29 is 9.32 Å². The Morgan fingerprint density at radius 1 is 1.11 bits per heavy atom. The van der Waals surface area contributed by atoms with E-state index in [1.807, 2.05) is 24.3 Å². The molecule has 6 nitrogen and oxygen atoms in total. The third-order valence-electron chi connectivity index (χ3n) is 6.27. The van der Waals surface area contributed by atoms with Gasteiger partial charge in [-0.15, -0.1) is 11.8 Å². The predicted octanol–water partition coefficient (Wildman–Crippen LogP) is 7.29. The van der Waals surface area contributed by atoms with Gasteiger partial charge in [0.1, 0.15) is 0 Å². The zero-order valence-electron chi connectivity index (χ0n) is 19.9. The van der Waals surface area contributed by atoms with Gasteiger partial charge >= 0.3 is 0 Å². The third-order valence-corrected chi connectivity index (χ3v) is 7.76. The number of halogens is 2. The summed E-state index contributed by atoms with van der Waals surface area (Å²) in [7, 11) is 0. The maximum atomic E-state index is 12.7. The smallest absolute Gasteiger partial charge is 0.257 e. The molecule has 9 heteroatoms. The molecule has 1 aromatic heterocycles. The lowest BCUT2D eigenvalue weighted by Gasteiger charge is -2.17. The predicted molar refractivity (Wildman–Crippen MR) is 146 cm³/mol. The molecule has 5 rings (SSSR count). The SMILES string of the molecule is CCSc1ccc(CC(=O)Nc2cc(Cl)c(C3(c4noc(-c5ccc(C#N)cc5)n4)CC3)c(Cl)c2)cc1. The monoisotopic (exact) mass is 548 g/mol. The third kappa shape index (κ3) is 5.37. The average molecular weight is 549 g/mol. The molecule has 0 atom stereocenters. The highest BCUT2D eigenvalue weighted by molar-refractivity contribution is 7.99. The first-order chi connectivity index (χ1) is 17.9. The first-order valence-corrected chi connectivity index (χ1v) is 13.5. The van der Waals surface area contributed by atoms with Crippen molar-refractivity contribution in [1.82, 2.24) is 10.1 Å². The van der Waals surface area contributed by atoms with E-state index in [0.717, 1.165) is 35.3 Å². The summed E-state index contributed by atoms with van der Waals surface area (Å²) in [4.78, 5) is 18.5. The Kier molecular flexibility index (Phi) is 7.25. The molecule has 0 radical (unpaired) electrons. The van der Waals surface area contributed by atoms with Gasteiger partial charge in [0.15, 0.2) is 5.82 Å². The Morgan fingerprint density at radius 3 is 2.38 bits per heavy atom. The fraction of sp³-hybridized carbons (Fsp3) is 0.214. The summed E-state index contributed by atoms with van der Waals surface area (Å²) in [6.07, 6.45) is 1.80. The summed E-state index contributed by atoms with van der Waals surface area (Å²) in [5, 5.41) is 17.0. The summed E-state index contributed by atoms with van der Waals surface area (Å²) in [5.74, 6) is 1.73. The van der Waals surface area contributed by atoms with Crippen LogP contribution in [0.15, 0.2) is 70.1 Å². The molecule has 1 heterocycles. The van der Waals surface area contributed by atoms with E-state index in [-0.39, 0.29) is 12.3 Å². The number of benzene rings is 3. The number of anilines is 1. The summed E-state index contributed by atoms with van der Waals surface area (Å²) in [5.41, 5.74) is 2.93. The molecule has 0 unspecified atom stereocenters. The van der Waals surface area contributed by atoms with Gasteiger partial charge in [0.2, 0.25) is 5.91 Å². The van der Waals surface area contributed by atoms with Crippen LogP contribution in [0, 0.1) is 11.3 Å². The number of thioether (sulfide) groups is 1. The van der Waals surface area contributed by atoms with Gasteiger partial charge in [-0.3, -0.25) is 4.79 Å². The van der Waals surface area contributed by atoms with Gasteiger partial charge in [-0.1, -0.05) is 47.4 Å². The molecule has 3 aromatic carbocycles. The number of hydrogen-bond donors (Lipinski definition) is 1. The minimum absolute atomic E-state index is 0.151. The van der Waals surface area contributed by atoms with Gasteiger partial charge < -0.3 is 9.84 Å². The van der Waals surface area contributed by atoms with Crippen molar-refractivity contribution in [2.75, 3.05) is 11.1 Å². The lowest BCUT2D eigenvalue weighted by molar-refractivity contribution is -0.115. The van der Waals surface area contributed by atoms with Crippen LogP contribution in [0.4, 0.5) is 5.69 Å². The van der Waals surface area contributed by atoms with Crippen molar-refractivity contribution in [2.24, 2.45) is 0 Å². The van der Waals surface area contributed by atoms with Crippen LogP contribution in [0.5, 0.6) is 0 Å². The first-order valence-electron chi connectivity index (χ1n) is 11.8. The minimum atomic E-state index is -0.538. The topological polar surface area (TPSA) is 91.8 Å². The lowest BCUT2D eigenvalue weighted by atomic mass is 9.94. The Bertz CT molecular complexity index is 1470. The quantitative estimate of drug-likeness (QED) is 0.232. The Balaban J connectivity index is 1.32. The number of nitrogens with one attached hydrogen (secondary N) is 1. The maximum absolute atomic E-state index is 12.7. The van der Waals surface area contributed by atoms with Crippen LogP contribution in [-0.2, 0) is 16.6 Å². The van der Waals surface area contributed by atoms with Crippen LogP contribution in [0.2, 0.25) is 10.0 Å². The van der Waals surface area contributed by atoms with Gasteiger partial charge in [-0.2, -0.15) is 10.2 Å². The van der Waals surface area contributed by atoms with Crippen LogP contribution >= 0.6 is 35.0 Å². The van der Waals surface area contributed by atoms with Gasteiger partial charge in [-0.05, 0) is 72.7 Å². The van der Waals surface area contributed by atoms with Crippen molar-refractivity contribution >= 4 is 46.6 Å². The standard InChI is InChI=1S/C28H22Cl2N4O2S/c1-2-37-21-9-5-17(6-10-21)13-24(35)32-20-14-22(29)25(23(30)15-20)28(11-12-28)27-33-26(36-34-27)19-7-3-18(16-31)4-8-19/h3-10,14-15H,2,11-13H2,1H3,(H,32,35). The molecule has 0 aliphatic heterocycles. The van der Waals surface area contributed by atoms with E-state index in [0.29, 0.717) is 33.0 Å². The fourth-order valence-electron chi connectivity index (χ4n) is 4.30. The summed E-state index contributed by atoms with van der Waals surface area (Å²) >= 11 is 15.2.